The van der Waals surface area contributed by atoms with Crippen LogP contribution < -0.4 is 5.32 Å². The molecule has 2 aliphatic rings. The van der Waals surface area contributed by atoms with Gasteiger partial charge in [-0.1, -0.05) is 0 Å². The molecule has 0 bridgehead atoms. The maximum atomic E-state index is 11.1. The van der Waals surface area contributed by atoms with Crippen LogP contribution in [0, 0.1) is 11.8 Å². The van der Waals surface area contributed by atoms with Crippen molar-refractivity contribution in [2.75, 3.05) is 26.7 Å². The van der Waals surface area contributed by atoms with Crippen molar-refractivity contribution in [3.63, 3.8) is 0 Å². The lowest BCUT2D eigenvalue weighted by atomic mass is 10.4. The van der Waals surface area contributed by atoms with Gasteiger partial charge in [0.15, 0.2) is 0 Å². The molecule has 0 unspecified atom stereocenters. The fourth-order valence-electron chi connectivity index (χ4n) is 2.26. The second-order valence-corrected chi connectivity index (χ2v) is 3.94. The van der Waals surface area contributed by atoms with E-state index in [1.807, 2.05) is 6.92 Å². The summed E-state index contributed by atoms with van der Waals surface area (Å²) >= 11 is 0. The molecule has 0 spiro atoms. The predicted molar refractivity (Wildman–Crippen MR) is 48.4 cm³/mol. The number of likely N-dealkylation sites (tertiary alicyclic amines) is 1. The second kappa shape index (κ2) is 3.18. The van der Waals surface area contributed by atoms with Crippen LogP contribution in [0.3, 0.4) is 0 Å². The Kier molecular flexibility index (Phi) is 2.15. The van der Waals surface area contributed by atoms with E-state index in [4.69, 9.17) is 4.74 Å². The highest BCUT2D eigenvalue weighted by molar-refractivity contribution is 5.68. The fraction of sp³-hybridized carbons (Fsp3) is 0.889. The van der Waals surface area contributed by atoms with Gasteiger partial charge in [0.2, 0.25) is 0 Å². The van der Waals surface area contributed by atoms with Crippen LogP contribution in [0.25, 0.3) is 0 Å². The Balaban J connectivity index is 1.73. The number of hydrogen-bond acceptors (Lipinski definition) is 3. The lowest BCUT2D eigenvalue weighted by Crippen LogP contribution is -2.33. The molecule has 1 N–H and O–H groups in total. The molecular formula is C9H16N2O2. The van der Waals surface area contributed by atoms with Crippen LogP contribution >= 0.6 is 0 Å². The van der Waals surface area contributed by atoms with Gasteiger partial charge in [0, 0.05) is 19.1 Å². The number of nitrogens with zero attached hydrogens (tertiary/aromatic N) is 1. The van der Waals surface area contributed by atoms with Crippen LogP contribution in [-0.2, 0) is 4.74 Å². The molecule has 4 heteroatoms. The van der Waals surface area contributed by atoms with Crippen LogP contribution in [0.2, 0.25) is 0 Å². The molecule has 2 rings (SSSR count). The summed E-state index contributed by atoms with van der Waals surface area (Å²) in [6, 6.07) is 0.384. The molecule has 1 aliphatic heterocycles. The van der Waals surface area contributed by atoms with Gasteiger partial charge in [-0.25, -0.2) is 4.79 Å². The number of carbonyl (C=O) groups excluding carboxylic acids is 1. The lowest BCUT2D eigenvalue weighted by Gasteiger charge is -2.13. The molecular weight excluding hydrogens is 168 g/mol. The molecule has 0 aromatic heterocycles. The summed E-state index contributed by atoms with van der Waals surface area (Å²) in [7, 11) is 2.12. The highest BCUT2D eigenvalue weighted by Crippen LogP contribution is 2.44. The van der Waals surface area contributed by atoms with Crippen LogP contribution in [0.15, 0.2) is 0 Å². The van der Waals surface area contributed by atoms with E-state index in [1.165, 1.54) is 0 Å². The molecule has 0 radical (unpaired) electrons. The Bertz CT molecular complexity index is 208. The molecule has 3 atom stereocenters. The summed E-state index contributed by atoms with van der Waals surface area (Å²) in [5, 5.41) is 2.89. The number of hydrogen-bond donors (Lipinski definition) is 1. The Morgan fingerprint density at radius 2 is 2.15 bits per heavy atom. The van der Waals surface area contributed by atoms with Crippen molar-refractivity contribution in [3.8, 4) is 0 Å². The highest BCUT2D eigenvalue weighted by atomic mass is 16.5. The zero-order chi connectivity index (χ0) is 9.42. The van der Waals surface area contributed by atoms with Crippen molar-refractivity contribution in [1.29, 1.82) is 0 Å². The Morgan fingerprint density at radius 3 is 2.69 bits per heavy atom. The molecule has 1 saturated carbocycles. The zero-order valence-electron chi connectivity index (χ0n) is 8.12. The van der Waals surface area contributed by atoms with E-state index in [2.05, 4.69) is 17.3 Å². The number of amides is 1. The van der Waals surface area contributed by atoms with Crippen LogP contribution in [-0.4, -0.2) is 43.8 Å². The Morgan fingerprint density at radius 1 is 1.54 bits per heavy atom. The minimum atomic E-state index is -0.260. The molecule has 1 heterocycles. The first-order chi connectivity index (χ1) is 6.22. The second-order valence-electron chi connectivity index (χ2n) is 3.94. The number of rotatable bonds is 2. The Labute approximate surface area is 78.2 Å². The van der Waals surface area contributed by atoms with Gasteiger partial charge in [-0.05, 0) is 25.8 Å². The average molecular weight is 184 g/mol. The number of piperidine rings is 1. The number of ether oxygens (including phenoxy) is 1. The molecule has 1 amide bonds. The number of alkyl carbamates (subject to hydrolysis) is 1. The minimum Gasteiger partial charge on any atom is -0.450 e. The van der Waals surface area contributed by atoms with Crippen molar-refractivity contribution in [1.82, 2.24) is 10.2 Å². The maximum absolute atomic E-state index is 11.1. The summed E-state index contributed by atoms with van der Waals surface area (Å²) in [6.07, 6.45) is -0.260. The average Bonchev–Trinajstić information content (AvgIpc) is 2.56. The van der Waals surface area contributed by atoms with Crippen molar-refractivity contribution >= 4 is 6.09 Å². The SMILES string of the molecule is CCOC(=O)N[C@H]1[C@@H]2CN(C)C[C@@H]21. The third kappa shape index (κ3) is 1.63. The first-order valence-corrected chi connectivity index (χ1v) is 4.84. The van der Waals surface area contributed by atoms with Gasteiger partial charge in [-0.3, -0.25) is 0 Å². The zero-order valence-corrected chi connectivity index (χ0v) is 8.12. The van der Waals surface area contributed by atoms with E-state index in [9.17, 15) is 4.79 Å². The van der Waals surface area contributed by atoms with Gasteiger partial charge in [0.25, 0.3) is 0 Å². The normalized spacial score (nSPS) is 36.9. The van der Waals surface area contributed by atoms with Gasteiger partial charge in [-0.15, -0.1) is 0 Å². The van der Waals surface area contributed by atoms with E-state index >= 15 is 0 Å². The lowest BCUT2D eigenvalue weighted by molar-refractivity contribution is 0.149. The Hall–Kier alpha value is -0.770. The van der Waals surface area contributed by atoms with Crippen LogP contribution in [0.4, 0.5) is 4.79 Å². The van der Waals surface area contributed by atoms with Gasteiger partial charge in [0.1, 0.15) is 0 Å². The van der Waals surface area contributed by atoms with Crippen LogP contribution in [0.1, 0.15) is 6.92 Å². The van der Waals surface area contributed by atoms with Gasteiger partial charge >= 0.3 is 6.09 Å². The number of fused-ring (bicyclic) bond motifs is 1. The van der Waals surface area contributed by atoms with E-state index in [0.29, 0.717) is 24.5 Å². The molecule has 1 aliphatic carbocycles. The van der Waals surface area contributed by atoms with Gasteiger partial charge < -0.3 is 15.0 Å². The van der Waals surface area contributed by atoms with Gasteiger partial charge in [0.05, 0.1) is 6.61 Å². The molecule has 2 fully saturated rings. The van der Waals surface area contributed by atoms with Crippen molar-refractivity contribution in [2.24, 2.45) is 11.8 Å². The molecule has 0 aromatic rings. The third-order valence-corrected chi connectivity index (χ3v) is 2.94. The first kappa shape index (κ1) is 8.81. The summed E-state index contributed by atoms with van der Waals surface area (Å²) in [6.45, 7) is 4.50. The van der Waals surface area contributed by atoms with Crippen LogP contribution in [0.5, 0.6) is 0 Å². The quantitative estimate of drug-likeness (QED) is 0.670. The fourth-order valence-corrected chi connectivity index (χ4v) is 2.26. The van der Waals surface area contributed by atoms with E-state index in [-0.39, 0.29) is 6.09 Å². The number of nitrogens with one attached hydrogen (secondary N) is 1. The van der Waals surface area contributed by atoms with Crippen molar-refractivity contribution < 1.29 is 9.53 Å². The van der Waals surface area contributed by atoms with Gasteiger partial charge in [-0.2, -0.15) is 0 Å². The van der Waals surface area contributed by atoms with Crippen molar-refractivity contribution in [3.05, 3.63) is 0 Å². The molecule has 1 saturated heterocycles. The summed E-state index contributed by atoms with van der Waals surface area (Å²) in [5.74, 6) is 1.35. The molecule has 13 heavy (non-hydrogen) atoms. The molecule has 74 valence electrons. The van der Waals surface area contributed by atoms with E-state index in [0.717, 1.165) is 13.1 Å². The third-order valence-electron chi connectivity index (χ3n) is 2.94. The summed E-state index contributed by atoms with van der Waals surface area (Å²) in [4.78, 5) is 13.4. The molecule has 4 nitrogen and oxygen atoms in total. The number of carbonyl (C=O) groups is 1. The predicted octanol–water partition coefficient (Wildman–Crippen LogP) is 0.292. The summed E-state index contributed by atoms with van der Waals surface area (Å²) < 4.78 is 4.82. The van der Waals surface area contributed by atoms with Crippen molar-refractivity contribution in [2.45, 2.75) is 13.0 Å². The van der Waals surface area contributed by atoms with E-state index in [1.54, 1.807) is 0 Å². The maximum Gasteiger partial charge on any atom is 0.407 e. The highest BCUT2D eigenvalue weighted by Gasteiger charge is 2.55. The largest absolute Gasteiger partial charge is 0.450 e. The van der Waals surface area contributed by atoms with E-state index < -0.39 is 0 Å². The smallest absolute Gasteiger partial charge is 0.407 e. The standard InChI is InChI=1S/C9H16N2O2/c1-3-13-9(12)10-8-6-4-11(2)5-7(6)8/h6-8H,3-5H2,1-2H3,(H,10,12)/t6-,7+,8+. The molecule has 0 aromatic carbocycles. The minimum absolute atomic E-state index is 0.260. The first-order valence-electron chi connectivity index (χ1n) is 4.84. The monoisotopic (exact) mass is 184 g/mol. The topological polar surface area (TPSA) is 41.6 Å². The summed E-state index contributed by atoms with van der Waals surface area (Å²) in [5.41, 5.74) is 0.